The number of aromatic hydroxyl groups is 1. The average molecular weight is 407 g/mol. The van der Waals surface area contributed by atoms with E-state index in [9.17, 15) is 14.7 Å². The van der Waals surface area contributed by atoms with Crippen molar-refractivity contribution < 1.29 is 24.2 Å². The van der Waals surface area contributed by atoms with Crippen LogP contribution >= 0.6 is 0 Å². The molecule has 30 heavy (non-hydrogen) atoms. The molecule has 0 radical (unpaired) electrons. The van der Waals surface area contributed by atoms with Gasteiger partial charge in [0.15, 0.2) is 17.3 Å². The van der Waals surface area contributed by atoms with Gasteiger partial charge in [0.2, 0.25) is 5.91 Å². The highest BCUT2D eigenvalue weighted by molar-refractivity contribution is 6.02. The maximum absolute atomic E-state index is 13.2. The van der Waals surface area contributed by atoms with Crippen LogP contribution in [-0.2, 0) is 9.59 Å². The number of ether oxygens (including phenoxy) is 2. The molecule has 156 valence electrons. The molecule has 0 fully saturated rings. The summed E-state index contributed by atoms with van der Waals surface area (Å²) in [5.74, 6) is 0.727. The molecule has 6 heteroatoms. The Bertz CT molecular complexity index is 1010. The maximum Gasteiger partial charge on any atom is 0.225 e. The molecule has 1 aliphatic carbocycles. The van der Waals surface area contributed by atoms with Crippen LogP contribution in [0.15, 0.2) is 53.7 Å². The van der Waals surface area contributed by atoms with Crippen molar-refractivity contribution in [3.63, 3.8) is 0 Å². The van der Waals surface area contributed by atoms with Gasteiger partial charge in [-0.2, -0.15) is 0 Å². The van der Waals surface area contributed by atoms with Gasteiger partial charge in [0.05, 0.1) is 13.7 Å². The van der Waals surface area contributed by atoms with Gasteiger partial charge in [-0.1, -0.05) is 18.2 Å². The number of amides is 1. The van der Waals surface area contributed by atoms with E-state index in [1.165, 1.54) is 7.11 Å². The van der Waals surface area contributed by atoms with E-state index in [4.69, 9.17) is 9.47 Å². The summed E-state index contributed by atoms with van der Waals surface area (Å²) in [4.78, 5) is 25.6. The molecule has 6 nitrogen and oxygen atoms in total. The molecule has 0 aromatic heterocycles. The predicted molar refractivity (Wildman–Crippen MR) is 112 cm³/mol. The van der Waals surface area contributed by atoms with Gasteiger partial charge in [-0.05, 0) is 54.7 Å². The summed E-state index contributed by atoms with van der Waals surface area (Å²) in [7, 11) is 1.48. The highest BCUT2D eigenvalue weighted by Crippen LogP contribution is 2.44. The molecule has 2 unspecified atom stereocenters. The van der Waals surface area contributed by atoms with Crippen LogP contribution < -0.4 is 14.8 Å². The number of benzene rings is 2. The number of hydrogen-bond donors (Lipinski definition) is 2. The number of carbonyl (C=O) groups excluding carboxylic acids is 2. The third-order valence-corrected chi connectivity index (χ3v) is 5.80. The molecule has 2 aromatic rings. The number of ketones is 1. The first-order valence-electron chi connectivity index (χ1n) is 10.2. The van der Waals surface area contributed by atoms with Gasteiger partial charge in [0.25, 0.3) is 0 Å². The number of Topliss-reactive ketones (excluding diaryl/α,β-unsaturated/α-hetero) is 1. The number of carbonyl (C=O) groups is 2. The zero-order valence-corrected chi connectivity index (χ0v) is 17.1. The Balaban J connectivity index is 1.64. The average Bonchev–Trinajstić information content (AvgIpc) is 2.73. The molecule has 2 aliphatic rings. The number of rotatable bonds is 5. The normalized spacial score (nSPS) is 21.1. The molecule has 0 saturated carbocycles. The summed E-state index contributed by atoms with van der Waals surface area (Å²) in [6, 6.07) is 12.8. The Labute approximate surface area is 175 Å². The van der Waals surface area contributed by atoms with Crippen molar-refractivity contribution in [2.24, 2.45) is 0 Å². The molecule has 1 heterocycles. The van der Waals surface area contributed by atoms with Crippen LogP contribution in [0, 0.1) is 0 Å². The van der Waals surface area contributed by atoms with E-state index in [-0.39, 0.29) is 35.7 Å². The summed E-state index contributed by atoms with van der Waals surface area (Å²) in [5.41, 5.74) is 3.14. The SMILES string of the molecule is CCOc1ccc(C2CC(=O)C3=C(C2)NC(=O)CC3c2ccc(OC)c(O)c2)cc1. The second-order valence-electron chi connectivity index (χ2n) is 7.66. The first kappa shape index (κ1) is 20.0. The lowest BCUT2D eigenvalue weighted by Gasteiger charge is -2.34. The summed E-state index contributed by atoms with van der Waals surface area (Å²) in [5, 5.41) is 13.1. The van der Waals surface area contributed by atoms with Gasteiger partial charge in [-0.25, -0.2) is 0 Å². The van der Waals surface area contributed by atoms with Crippen molar-refractivity contribution in [1.29, 1.82) is 0 Å². The van der Waals surface area contributed by atoms with Crippen LogP contribution in [0.3, 0.4) is 0 Å². The summed E-state index contributed by atoms with van der Waals surface area (Å²) >= 11 is 0. The number of methoxy groups -OCH3 is 1. The molecule has 0 spiro atoms. The minimum atomic E-state index is -0.362. The van der Waals surface area contributed by atoms with E-state index in [1.54, 1.807) is 18.2 Å². The van der Waals surface area contributed by atoms with Gasteiger partial charge in [-0.3, -0.25) is 9.59 Å². The van der Waals surface area contributed by atoms with E-state index in [1.807, 2.05) is 31.2 Å². The fourth-order valence-corrected chi connectivity index (χ4v) is 4.41. The number of phenols is 1. The zero-order chi connectivity index (χ0) is 21.3. The minimum Gasteiger partial charge on any atom is -0.504 e. The molecule has 4 rings (SSSR count). The van der Waals surface area contributed by atoms with Crippen molar-refractivity contribution in [3.8, 4) is 17.2 Å². The van der Waals surface area contributed by atoms with Crippen LogP contribution in [0.5, 0.6) is 17.2 Å². The van der Waals surface area contributed by atoms with Crippen LogP contribution in [0.4, 0.5) is 0 Å². The quantitative estimate of drug-likeness (QED) is 0.787. The Morgan fingerprint density at radius 2 is 1.77 bits per heavy atom. The lowest BCUT2D eigenvalue weighted by Crippen LogP contribution is -2.38. The second-order valence-corrected chi connectivity index (χ2v) is 7.66. The Kier molecular flexibility index (Phi) is 5.48. The highest BCUT2D eigenvalue weighted by atomic mass is 16.5. The topological polar surface area (TPSA) is 84.9 Å². The number of allylic oxidation sites excluding steroid dienone is 2. The van der Waals surface area contributed by atoms with Crippen molar-refractivity contribution in [3.05, 3.63) is 64.9 Å². The molecular weight excluding hydrogens is 382 g/mol. The van der Waals surface area contributed by atoms with Gasteiger partial charge in [0, 0.05) is 30.0 Å². The number of phenolic OH excluding ortho intramolecular Hbond substituents is 1. The molecule has 2 atom stereocenters. The van der Waals surface area contributed by atoms with Gasteiger partial charge in [0.1, 0.15) is 5.75 Å². The van der Waals surface area contributed by atoms with Crippen LogP contribution in [0.1, 0.15) is 49.1 Å². The predicted octanol–water partition coefficient (Wildman–Crippen LogP) is 3.80. The Hall–Kier alpha value is -3.28. The van der Waals surface area contributed by atoms with Crippen LogP contribution in [0.25, 0.3) is 0 Å². The minimum absolute atomic E-state index is 0.00125. The van der Waals surface area contributed by atoms with Crippen molar-refractivity contribution in [2.75, 3.05) is 13.7 Å². The first-order valence-corrected chi connectivity index (χ1v) is 10.2. The smallest absolute Gasteiger partial charge is 0.225 e. The monoisotopic (exact) mass is 407 g/mol. The van der Waals surface area contributed by atoms with Gasteiger partial charge in [-0.15, -0.1) is 0 Å². The molecule has 0 bridgehead atoms. The first-order chi connectivity index (χ1) is 14.5. The largest absolute Gasteiger partial charge is 0.504 e. The van der Waals surface area contributed by atoms with Crippen molar-refractivity contribution >= 4 is 11.7 Å². The zero-order valence-electron chi connectivity index (χ0n) is 17.1. The summed E-state index contributed by atoms with van der Waals surface area (Å²) in [6.45, 7) is 2.54. The summed E-state index contributed by atoms with van der Waals surface area (Å²) in [6.07, 6.45) is 1.17. The molecule has 1 aliphatic heterocycles. The Morgan fingerprint density at radius 1 is 1.03 bits per heavy atom. The molecule has 2 aromatic carbocycles. The van der Waals surface area contributed by atoms with Crippen LogP contribution in [-0.4, -0.2) is 30.5 Å². The van der Waals surface area contributed by atoms with Crippen LogP contribution in [0.2, 0.25) is 0 Å². The molecule has 0 saturated heterocycles. The highest BCUT2D eigenvalue weighted by Gasteiger charge is 2.38. The van der Waals surface area contributed by atoms with Gasteiger partial charge < -0.3 is 19.9 Å². The summed E-state index contributed by atoms with van der Waals surface area (Å²) < 4.78 is 10.6. The van der Waals surface area contributed by atoms with Gasteiger partial charge >= 0.3 is 0 Å². The fourth-order valence-electron chi connectivity index (χ4n) is 4.41. The van der Waals surface area contributed by atoms with E-state index in [2.05, 4.69) is 5.32 Å². The van der Waals surface area contributed by atoms with Crippen molar-refractivity contribution in [2.45, 2.75) is 38.0 Å². The fraction of sp³-hybridized carbons (Fsp3) is 0.333. The lowest BCUT2D eigenvalue weighted by molar-refractivity contribution is -0.122. The Morgan fingerprint density at radius 3 is 2.43 bits per heavy atom. The molecule has 2 N–H and O–H groups in total. The molecule has 1 amide bonds. The maximum atomic E-state index is 13.2. The van der Waals surface area contributed by atoms with E-state index >= 15 is 0 Å². The van der Waals surface area contributed by atoms with Crippen molar-refractivity contribution in [1.82, 2.24) is 5.32 Å². The van der Waals surface area contributed by atoms with E-state index in [0.29, 0.717) is 36.5 Å². The third-order valence-electron chi connectivity index (χ3n) is 5.80. The second kappa shape index (κ2) is 8.22. The molecular formula is C24H25NO5. The van der Waals surface area contributed by atoms with E-state index < -0.39 is 0 Å². The number of hydrogen-bond acceptors (Lipinski definition) is 5. The van der Waals surface area contributed by atoms with E-state index in [0.717, 1.165) is 16.9 Å². The number of nitrogens with one attached hydrogen (secondary N) is 1. The standard InChI is InChI=1S/C24H25NO5/c1-3-30-17-7-4-14(5-8-17)16-10-19-24(21(27)12-16)18(13-23(28)25-19)15-6-9-22(29-2)20(26)11-15/h4-9,11,16,18,26H,3,10,12-13H2,1-2H3,(H,25,28). The third kappa shape index (κ3) is 3.77. The lowest BCUT2D eigenvalue weighted by atomic mass is 9.73.